The van der Waals surface area contributed by atoms with E-state index in [4.69, 9.17) is 0 Å². The Hall–Kier alpha value is -2.62. The van der Waals surface area contributed by atoms with Crippen LogP contribution in [0.1, 0.15) is 22.3 Å². The van der Waals surface area contributed by atoms with Crippen molar-refractivity contribution in [2.75, 3.05) is 0 Å². The summed E-state index contributed by atoms with van der Waals surface area (Å²) >= 11 is 0. The van der Waals surface area contributed by atoms with Crippen LogP contribution in [0.15, 0.2) is 81.4 Å². The lowest BCUT2D eigenvalue weighted by molar-refractivity contribution is -0.143. The molecule has 3 aromatic rings. The van der Waals surface area contributed by atoms with E-state index in [2.05, 4.69) is 0 Å². The van der Waals surface area contributed by atoms with Gasteiger partial charge in [-0.3, -0.25) is 0 Å². The summed E-state index contributed by atoms with van der Waals surface area (Å²) in [5.74, 6) is 0. The predicted molar refractivity (Wildman–Crippen MR) is 101 cm³/mol. The maximum atomic E-state index is 13.8. The second-order valence-electron chi connectivity index (χ2n) is 6.80. The Balaban J connectivity index is 2.40. The first-order valence-electron chi connectivity index (χ1n) is 8.95. The highest BCUT2D eigenvalue weighted by molar-refractivity contribution is 7.97. The molecule has 0 spiro atoms. The summed E-state index contributed by atoms with van der Waals surface area (Å²) in [6.45, 7) is 1.40. The lowest BCUT2D eigenvalue weighted by Gasteiger charge is -2.18. The van der Waals surface area contributed by atoms with Gasteiger partial charge in [-0.25, -0.2) is 0 Å². The largest absolute Gasteiger partial charge is 0.421 e. The van der Waals surface area contributed by atoms with Gasteiger partial charge in [-0.2, -0.15) is 39.5 Å². The molecule has 32 heavy (non-hydrogen) atoms. The fourth-order valence-electron chi connectivity index (χ4n) is 3.03. The number of benzene rings is 3. The summed E-state index contributed by atoms with van der Waals surface area (Å²) in [6, 6.07) is 10.8. The van der Waals surface area contributed by atoms with Crippen LogP contribution in [-0.4, -0.2) is 0 Å². The average molecular weight is 481 g/mol. The molecule has 0 fully saturated rings. The van der Waals surface area contributed by atoms with Gasteiger partial charge in [0.15, 0.2) is 14.7 Å². The minimum Gasteiger partial charge on any atom is -0.166 e. The highest BCUT2D eigenvalue weighted by Gasteiger charge is 2.45. The Morgan fingerprint density at radius 1 is 0.562 bits per heavy atom. The highest BCUT2D eigenvalue weighted by Crippen LogP contribution is 2.44. The minimum atomic E-state index is -5.02. The molecule has 1 unspecified atom stereocenters. The predicted octanol–water partition coefficient (Wildman–Crippen LogP) is 8.15. The fourth-order valence-corrected chi connectivity index (χ4v) is 5.48. The molecular weight excluding hydrogens is 467 g/mol. The molecule has 0 aliphatic rings. The van der Waals surface area contributed by atoms with E-state index >= 15 is 0 Å². The Bertz CT molecular complexity index is 1100. The Labute approximate surface area is 180 Å². The molecule has 0 amide bonds. The molecule has 3 rings (SSSR count). The van der Waals surface area contributed by atoms with Crippen LogP contribution in [0.3, 0.4) is 0 Å². The van der Waals surface area contributed by atoms with Crippen LogP contribution in [0.2, 0.25) is 0 Å². The van der Waals surface area contributed by atoms with Crippen molar-refractivity contribution in [2.24, 2.45) is 0 Å². The van der Waals surface area contributed by atoms with Crippen molar-refractivity contribution in [1.82, 2.24) is 0 Å². The SMILES string of the molecule is Cc1ccc(C(F)(F)F)cc1[S+](c1ccccc1)c1cc(C(F)(F)F)ccc1C(F)(F)F. The first-order valence-corrected chi connectivity index (χ1v) is 10.2. The van der Waals surface area contributed by atoms with Crippen molar-refractivity contribution in [3.05, 3.63) is 89.0 Å². The van der Waals surface area contributed by atoms with Gasteiger partial charge in [-0.1, -0.05) is 24.3 Å². The number of halogens is 9. The average Bonchev–Trinajstić information content (AvgIpc) is 2.68. The quantitative estimate of drug-likeness (QED) is 0.262. The number of aryl methyl sites for hydroxylation is 1. The zero-order chi connectivity index (χ0) is 23.9. The number of alkyl halides is 9. The monoisotopic (exact) mass is 481 g/mol. The minimum absolute atomic E-state index is 0.143. The van der Waals surface area contributed by atoms with E-state index < -0.39 is 51.0 Å². The van der Waals surface area contributed by atoms with Gasteiger partial charge in [0.05, 0.1) is 11.1 Å². The molecule has 3 aromatic carbocycles. The van der Waals surface area contributed by atoms with Crippen LogP contribution >= 0.6 is 0 Å². The zero-order valence-electron chi connectivity index (χ0n) is 16.2. The van der Waals surface area contributed by atoms with Crippen molar-refractivity contribution >= 4 is 10.9 Å². The van der Waals surface area contributed by atoms with Gasteiger partial charge in [-0.05, 0) is 37.3 Å². The Morgan fingerprint density at radius 2 is 1.06 bits per heavy atom. The Morgan fingerprint density at radius 3 is 1.56 bits per heavy atom. The standard InChI is InChI=1S/C22H14F9S/c1-13-7-8-14(20(23,24)25)11-18(13)32(16-5-3-2-4-6-16)19-12-15(21(26,27)28)9-10-17(19)22(29,30)31/h2-12H,1H3/q+1. The molecule has 0 aromatic heterocycles. The van der Waals surface area contributed by atoms with E-state index in [1.165, 1.54) is 31.2 Å². The molecule has 0 aliphatic heterocycles. The van der Waals surface area contributed by atoms with Crippen molar-refractivity contribution < 1.29 is 39.5 Å². The smallest absolute Gasteiger partial charge is 0.166 e. The van der Waals surface area contributed by atoms with E-state index in [9.17, 15) is 39.5 Å². The van der Waals surface area contributed by atoms with Crippen molar-refractivity contribution in [1.29, 1.82) is 0 Å². The van der Waals surface area contributed by atoms with E-state index in [-0.39, 0.29) is 15.4 Å². The van der Waals surface area contributed by atoms with Gasteiger partial charge in [-0.15, -0.1) is 0 Å². The van der Waals surface area contributed by atoms with Crippen LogP contribution in [0.4, 0.5) is 39.5 Å². The van der Waals surface area contributed by atoms with Crippen LogP contribution < -0.4 is 0 Å². The van der Waals surface area contributed by atoms with Crippen molar-refractivity contribution in [2.45, 2.75) is 40.1 Å². The number of hydrogen-bond acceptors (Lipinski definition) is 0. The summed E-state index contributed by atoms with van der Waals surface area (Å²) < 4.78 is 121. The fraction of sp³-hybridized carbons (Fsp3) is 0.182. The molecule has 0 N–H and O–H groups in total. The normalized spacial score (nSPS) is 13.8. The summed E-state index contributed by atoms with van der Waals surface area (Å²) in [5.41, 5.74) is -3.55. The van der Waals surface area contributed by atoms with Crippen LogP contribution in [0.5, 0.6) is 0 Å². The molecule has 0 heterocycles. The molecule has 0 radical (unpaired) electrons. The first-order chi connectivity index (χ1) is 14.7. The van der Waals surface area contributed by atoms with E-state index in [1.807, 2.05) is 0 Å². The summed E-state index contributed by atoms with van der Waals surface area (Å²) in [4.78, 5) is -0.739. The second-order valence-corrected chi connectivity index (χ2v) is 8.77. The number of rotatable bonds is 3. The number of hydrogen-bond donors (Lipinski definition) is 0. The third kappa shape index (κ3) is 5.06. The van der Waals surface area contributed by atoms with Crippen LogP contribution in [0.25, 0.3) is 0 Å². The van der Waals surface area contributed by atoms with Crippen molar-refractivity contribution in [3.8, 4) is 0 Å². The van der Waals surface area contributed by atoms with Crippen LogP contribution in [0, 0.1) is 6.92 Å². The molecule has 1 atom stereocenters. The van der Waals surface area contributed by atoms with Gasteiger partial charge in [0.2, 0.25) is 0 Å². The van der Waals surface area contributed by atoms with Gasteiger partial charge in [0.1, 0.15) is 16.5 Å². The molecular formula is C22H14F9S+. The third-order valence-corrected chi connectivity index (χ3v) is 6.95. The molecule has 10 heteroatoms. The molecule has 170 valence electrons. The highest BCUT2D eigenvalue weighted by atomic mass is 32.2. The second kappa shape index (κ2) is 8.38. The lowest BCUT2D eigenvalue weighted by Crippen LogP contribution is -2.18. The molecule has 0 nitrogen and oxygen atoms in total. The van der Waals surface area contributed by atoms with E-state index in [0.29, 0.717) is 24.3 Å². The van der Waals surface area contributed by atoms with E-state index in [0.717, 1.165) is 12.1 Å². The van der Waals surface area contributed by atoms with Gasteiger partial charge in [0, 0.05) is 17.7 Å². The molecule has 0 aliphatic carbocycles. The maximum Gasteiger partial charge on any atom is 0.421 e. The summed E-state index contributed by atoms with van der Waals surface area (Å²) in [5, 5.41) is 0. The molecule has 0 saturated carbocycles. The Kier molecular flexibility index (Phi) is 6.29. The molecule has 0 saturated heterocycles. The topological polar surface area (TPSA) is 0 Å². The lowest BCUT2D eigenvalue weighted by atomic mass is 10.1. The van der Waals surface area contributed by atoms with Crippen LogP contribution in [-0.2, 0) is 29.4 Å². The summed E-state index contributed by atoms with van der Waals surface area (Å²) in [6.07, 6.45) is -14.7. The summed E-state index contributed by atoms with van der Waals surface area (Å²) in [7, 11) is -1.89. The molecule has 0 bridgehead atoms. The zero-order valence-corrected chi connectivity index (χ0v) is 17.0. The van der Waals surface area contributed by atoms with Gasteiger partial charge in [0.25, 0.3) is 0 Å². The van der Waals surface area contributed by atoms with Gasteiger partial charge < -0.3 is 0 Å². The maximum absolute atomic E-state index is 13.8. The third-order valence-electron chi connectivity index (χ3n) is 4.55. The van der Waals surface area contributed by atoms with E-state index in [1.54, 1.807) is 6.07 Å². The van der Waals surface area contributed by atoms with Gasteiger partial charge >= 0.3 is 18.5 Å². The van der Waals surface area contributed by atoms with Crippen molar-refractivity contribution in [3.63, 3.8) is 0 Å². The first kappa shape index (κ1) is 24.0.